The van der Waals surface area contributed by atoms with Crippen LogP contribution in [0.2, 0.25) is 0 Å². The molecule has 1 aliphatic rings. The fraction of sp³-hybridized carbons (Fsp3) is 0.643. The fourth-order valence-electron chi connectivity index (χ4n) is 2.88. The first kappa shape index (κ1) is 13.5. The number of hydrogen-bond acceptors (Lipinski definition) is 4. The Bertz CT molecular complexity index is 352. The van der Waals surface area contributed by atoms with Crippen molar-refractivity contribution in [2.75, 3.05) is 33.7 Å². The molecule has 1 aromatic rings. The smallest absolute Gasteiger partial charge is 0.0647 e. The number of nitrogens with zero attached hydrogens (tertiary/aromatic N) is 3. The van der Waals surface area contributed by atoms with Gasteiger partial charge in [0.15, 0.2) is 0 Å². The quantitative estimate of drug-likeness (QED) is 0.848. The zero-order valence-corrected chi connectivity index (χ0v) is 11.4. The molecule has 0 spiro atoms. The van der Waals surface area contributed by atoms with Crippen LogP contribution in [0.5, 0.6) is 0 Å². The molecule has 100 valence electrons. The van der Waals surface area contributed by atoms with E-state index in [0.717, 1.165) is 18.8 Å². The average molecular weight is 248 g/mol. The number of nitrogens with two attached hydrogens (primary N) is 1. The van der Waals surface area contributed by atoms with E-state index in [1.54, 1.807) is 0 Å². The molecule has 2 unspecified atom stereocenters. The molecule has 0 radical (unpaired) electrons. The van der Waals surface area contributed by atoms with Crippen LogP contribution in [0.25, 0.3) is 0 Å². The maximum atomic E-state index is 5.98. The van der Waals surface area contributed by atoms with Gasteiger partial charge in [0.1, 0.15) is 0 Å². The van der Waals surface area contributed by atoms with E-state index in [0.29, 0.717) is 12.6 Å². The zero-order chi connectivity index (χ0) is 13.0. The maximum absolute atomic E-state index is 5.98. The second-order valence-electron chi connectivity index (χ2n) is 5.30. The topological polar surface area (TPSA) is 45.4 Å². The number of rotatable bonds is 5. The van der Waals surface area contributed by atoms with E-state index in [4.69, 9.17) is 5.73 Å². The Morgan fingerprint density at radius 1 is 1.50 bits per heavy atom. The first-order chi connectivity index (χ1) is 8.72. The minimum atomic E-state index is 0.263. The highest BCUT2D eigenvalue weighted by molar-refractivity contribution is 5.10. The second kappa shape index (κ2) is 6.27. The van der Waals surface area contributed by atoms with Crippen molar-refractivity contribution < 1.29 is 0 Å². The van der Waals surface area contributed by atoms with Crippen LogP contribution in [0.4, 0.5) is 0 Å². The predicted octanol–water partition coefficient (Wildman–Crippen LogP) is 1.11. The van der Waals surface area contributed by atoms with Gasteiger partial charge in [-0.15, -0.1) is 0 Å². The van der Waals surface area contributed by atoms with Gasteiger partial charge in [0, 0.05) is 25.3 Å². The van der Waals surface area contributed by atoms with Gasteiger partial charge >= 0.3 is 0 Å². The van der Waals surface area contributed by atoms with Gasteiger partial charge in [-0.3, -0.25) is 9.88 Å². The third kappa shape index (κ3) is 3.07. The molecular weight excluding hydrogens is 224 g/mol. The lowest BCUT2D eigenvalue weighted by Crippen LogP contribution is -2.42. The van der Waals surface area contributed by atoms with E-state index in [2.05, 4.69) is 34.9 Å². The minimum absolute atomic E-state index is 0.263. The van der Waals surface area contributed by atoms with Crippen molar-refractivity contribution in [3.63, 3.8) is 0 Å². The van der Waals surface area contributed by atoms with Gasteiger partial charge in [-0.05, 0) is 45.6 Å². The van der Waals surface area contributed by atoms with Gasteiger partial charge in [0.2, 0.25) is 0 Å². The van der Waals surface area contributed by atoms with Crippen molar-refractivity contribution in [2.24, 2.45) is 5.73 Å². The molecule has 4 nitrogen and oxygen atoms in total. The molecule has 4 heteroatoms. The van der Waals surface area contributed by atoms with Gasteiger partial charge in [0.05, 0.1) is 11.7 Å². The summed E-state index contributed by atoms with van der Waals surface area (Å²) in [5.41, 5.74) is 7.08. The van der Waals surface area contributed by atoms with Crippen LogP contribution in [-0.2, 0) is 0 Å². The summed E-state index contributed by atoms with van der Waals surface area (Å²) in [4.78, 5) is 9.26. The first-order valence-electron chi connectivity index (χ1n) is 6.74. The van der Waals surface area contributed by atoms with Crippen LogP contribution in [0.3, 0.4) is 0 Å². The van der Waals surface area contributed by atoms with E-state index in [9.17, 15) is 0 Å². The first-order valence-corrected chi connectivity index (χ1v) is 6.74. The van der Waals surface area contributed by atoms with Crippen molar-refractivity contribution >= 4 is 0 Å². The van der Waals surface area contributed by atoms with Gasteiger partial charge < -0.3 is 10.6 Å². The number of likely N-dealkylation sites (N-methyl/N-ethyl adjacent to an activating group) is 1. The molecule has 1 fully saturated rings. The summed E-state index contributed by atoms with van der Waals surface area (Å²) in [5.74, 6) is 0. The molecule has 1 saturated heterocycles. The number of aromatic nitrogens is 1. The standard InChI is InChI=1S/C14H24N4/c1-17(2)11-12-6-5-9-18(12)14(10-15)13-7-3-4-8-16-13/h3-4,7-8,12,14H,5-6,9-11,15H2,1-2H3. The Balaban J connectivity index is 2.12. The molecule has 18 heavy (non-hydrogen) atoms. The summed E-state index contributed by atoms with van der Waals surface area (Å²) in [6, 6.07) is 6.96. The number of hydrogen-bond donors (Lipinski definition) is 1. The molecule has 2 N–H and O–H groups in total. The minimum Gasteiger partial charge on any atom is -0.329 e. The molecule has 0 saturated carbocycles. The highest BCUT2D eigenvalue weighted by Crippen LogP contribution is 2.28. The molecule has 1 aromatic heterocycles. The van der Waals surface area contributed by atoms with Gasteiger partial charge in [-0.25, -0.2) is 0 Å². The summed E-state index contributed by atoms with van der Waals surface area (Å²) in [6.07, 6.45) is 4.39. The van der Waals surface area contributed by atoms with E-state index in [1.165, 1.54) is 12.8 Å². The number of likely N-dealkylation sites (tertiary alicyclic amines) is 1. The van der Waals surface area contributed by atoms with Crippen LogP contribution in [0, 0.1) is 0 Å². The highest BCUT2D eigenvalue weighted by atomic mass is 15.3. The predicted molar refractivity (Wildman–Crippen MR) is 74.3 cm³/mol. The van der Waals surface area contributed by atoms with Crippen LogP contribution < -0.4 is 5.73 Å². The lowest BCUT2D eigenvalue weighted by molar-refractivity contribution is 0.153. The van der Waals surface area contributed by atoms with Crippen molar-refractivity contribution in [1.82, 2.24) is 14.8 Å². The Morgan fingerprint density at radius 2 is 2.33 bits per heavy atom. The molecule has 2 heterocycles. The summed E-state index contributed by atoms with van der Waals surface area (Å²) >= 11 is 0. The van der Waals surface area contributed by atoms with Crippen LogP contribution in [-0.4, -0.2) is 54.6 Å². The lowest BCUT2D eigenvalue weighted by Gasteiger charge is -2.33. The van der Waals surface area contributed by atoms with E-state index < -0.39 is 0 Å². The number of pyridine rings is 1. The van der Waals surface area contributed by atoms with Crippen molar-refractivity contribution in [3.05, 3.63) is 30.1 Å². The highest BCUT2D eigenvalue weighted by Gasteiger charge is 2.31. The van der Waals surface area contributed by atoms with Crippen molar-refractivity contribution in [2.45, 2.75) is 24.9 Å². The van der Waals surface area contributed by atoms with E-state index in [1.807, 2.05) is 18.3 Å². The fourth-order valence-corrected chi connectivity index (χ4v) is 2.88. The van der Waals surface area contributed by atoms with Crippen molar-refractivity contribution in [1.29, 1.82) is 0 Å². The molecular formula is C14H24N4. The largest absolute Gasteiger partial charge is 0.329 e. The van der Waals surface area contributed by atoms with Gasteiger partial charge in [-0.2, -0.15) is 0 Å². The van der Waals surface area contributed by atoms with Crippen LogP contribution in [0.1, 0.15) is 24.6 Å². The van der Waals surface area contributed by atoms with Crippen LogP contribution >= 0.6 is 0 Å². The Hall–Kier alpha value is -0.970. The van der Waals surface area contributed by atoms with Gasteiger partial charge in [-0.1, -0.05) is 6.07 Å². The monoisotopic (exact) mass is 248 g/mol. The molecule has 0 aliphatic carbocycles. The maximum Gasteiger partial charge on any atom is 0.0647 e. The third-order valence-electron chi connectivity index (χ3n) is 3.65. The molecule has 0 aromatic carbocycles. The average Bonchev–Trinajstić information content (AvgIpc) is 2.79. The normalized spacial score (nSPS) is 22.6. The van der Waals surface area contributed by atoms with E-state index >= 15 is 0 Å². The van der Waals surface area contributed by atoms with Crippen molar-refractivity contribution in [3.8, 4) is 0 Å². The molecule has 2 atom stereocenters. The summed E-state index contributed by atoms with van der Waals surface area (Å²) in [6.45, 7) is 2.88. The summed E-state index contributed by atoms with van der Waals surface area (Å²) in [7, 11) is 4.27. The molecule has 2 rings (SSSR count). The Labute approximate surface area is 110 Å². The molecule has 1 aliphatic heterocycles. The SMILES string of the molecule is CN(C)CC1CCCN1C(CN)c1ccccn1. The zero-order valence-electron chi connectivity index (χ0n) is 11.4. The Morgan fingerprint density at radius 3 is 2.94 bits per heavy atom. The van der Waals surface area contributed by atoms with Crippen LogP contribution in [0.15, 0.2) is 24.4 Å². The summed E-state index contributed by atoms with van der Waals surface area (Å²) < 4.78 is 0. The lowest BCUT2D eigenvalue weighted by atomic mass is 10.1. The molecule has 0 amide bonds. The Kier molecular flexibility index (Phi) is 4.69. The van der Waals surface area contributed by atoms with E-state index in [-0.39, 0.29) is 6.04 Å². The molecule has 0 bridgehead atoms. The second-order valence-corrected chi connectivity index (χ2v) is 5.30. The third-order valence-corrected chi connectivity index (χ3v) is 3.65. The van der Waals surface area contributed by atoms with Gasteiger partial charge in [0.25, 0.3) is 0 Å². The summed E-state index contributed by atoms with van der Waals surface area (Å²) in [5, 5.41) is 0.